The SMILES string of the molecule is CC(C)(C)OC(=O)N1CCC(C(=O)c2ccc3ccccc3c2)CC1. The molecular formula is C21H25NO3. The van der Waals surface area contributed by atoms with Crippen molar-refractivity contribution in [1.29, 1.82) is 0 Å². The van der Waals surface area contributed by atoms with E-state index in [9.17, 15) is 9.59 Å². The molecule has 1 heterocycles. The highest BCUT2D eigenvalue weighted by molar-refractivity contribution is 6.01. The highest BCUT2D eigenvalue weighted by Gasteiger charge is 2.30. The van der Waals surface area contributed by atoms with Crippen LogP contribution >= 0.6 is 0 Å². The molecule has 0 spiro atoms. The van der Waals surface area contributed by atoms with Gasteiger partial charge in [-0.15, -0.1) is 0 Å². The number of hydrogen-bond acceptors (Lipinski definition) is 3. The second kappa shape index (κ2) is 6.87. The van der Waals surface area contributed by atoms with Gasteiger partial charge in [0.05, 0.1) is 0 Å². The summed E-state index contributed by atoms with van der Waals surface area (Å²) in [7, 11) is 0. The quantitative estimate of drug-likeness (QED) is 0.747. The third kappa shape index (κ3) is 4.19. The minimum absolute atomic E-state index is 0.0279. The van der Waals surface area contributed by atoms with E-state index in [2.05, 4.69) is 0 Å². The van der Waals surface area contributed by atoms with Crippen LogP contribution in [0.15, 0.2) is 42.5 Å². The van der Waals surface area contributed by atoms with Gasteiger partial charge in [-0.05, 0) is 50.5 Å². The molecule has 132 valence electrons. The molecular weight excluding hydrogens is 314 g/mol. The number of rotatable bonds is 2. The van der Waals surface area contributed by atoms with Gasteiger partial charge < -0.3 is 9.64 Å². The minimum atomic E-state index is -0.491. The van der Waals surface area contributed by atoms with Gasteiger partial charge in [0, 0.05) is 24.6 Å². The molecule has 1 aliphatic heterocycles. The van der Waals surface area contributed by atoms with Crippen molar-refractivity contribution in [2.45, 2.75) is 39.2 Å². The Morgan fingerprint density at radius 2 is 1.64 bits per heavy atom. The zero-order valence-corrected chi connectivity index (χ0v) is 15.1. The third-order valence-corrected chi connectivity index (χ3v) is 4.55. The van der Waals surface area contributed by atoms with E-state index in [4.69, 9.17) is 4.74 Å². The summed E-state index contributed by atoms with van der Waals surface area (Å²) in [6.45, 7) is 6.72. The van der Waals surface area contributed by atoms with Crippen LogP contribution in [-0.4, -0.2) is 35.5 Å². The standard InChI is InChI=1S/C21H25NO3/c1-21(2,3)25-20(24)22-12-10-16(11-13-22)19(23)18-9-8-15-6-4-5-7-17(15)14-18/h4-9,14,16H,10-13H2,1-3H3. The van der Waals surface area contributed by atoms with Gasteiger partial charge in [-0.1, -0.05) is 36.4 Å². The average molecular weight is 339 g/mol. The van der Waals surface area contributed by atoms with Crippen LogP contribution in [0.1, 0.15) is 44.0 Å². The van der Waals surface area contributed by atoms with Crippen molar-refractivity contribution in [1.82, 2.24) is 4.90 Å². The fraction of sp³-hybridized carbons (Fsp3) is 0.429. The van der Waals surface area contributed by atoms with Gasteiger partial charge in [0.1, 0.15) is 5.60 Å². The predicted molar refractivity (Wildman–Crippen MR) is 98.8 cm³/mol. The number of ketones is 1. The van der Waals surface area contributed by atoms with Crippen LogP contribution in [-0.2, 0) is 4.74 Å². The maximum atomic E-state index is 12.8. The zero-order valence-electron chi connectivity index (χ0n) is 15.1. The molecule has 0 unspecified atom stereocenters. The summed E-state index contributed by atoms with van der Waals surface area (Å²) in [6, 6.07) is 13.9. The maximum absolute atomic E-state index is 12.8. The van der Waals surface area contributed by atoms with Crippen LogP contribution in [0.3, 0.4) is 0 Å². The summed E-state index contributed by atoms with van der Waals surface area (Å²) < 4.78 is 5.41. The Labute approximate surface area is 148 Å². The highest BCUT2D eigenvalue weighted by atomic mass is 16.6. The molecule has 2 aromatic rings. The van der Waals surface area contributed by atoms with E-state index in [1.54, 1.807) is 4.90 Å². The molecule has 0 atom stereocenters. The van der Waals surface area contributed by atoms with Gasteiger partial charge in [0.25, 0.3) is 0 Å². The lowest BCUT2D eigenvalue weighted by Crippen LogP contribution is -2.43. The number of carbonyl (C=O) groups excluding carboxylic acids is 2. The Balaban J connectivity index is 1.63. The van der Waals surface area contributed by atoms with E-state index < -0.39 is 5.60 Å². The van der Waals surface area contributed by atoms with E-state index >= 15 is 0 Å². The van der Waals surface area contributed by atoms with Crippen molar-refractivity contribution in [2.75, 3.05) is 13.1 Å². The molecule has 2 aromatic carbocycles. The minimum Gasteiger partial charge on any atom is -0.444 e. The lowest BCUT2D eigenvalue weighted by Gasteiger charge is -2.33. The largest absolute Gasteiger partial charge is 0.444 e. The summed E-state index contributed by atoms with van der Waals surface area (Å²) in [5.74, 6) is 0.148. The summed E-state index contributed by atoms with van der Waals surface area (Å²) in [4.78, 5) is 26.6. The van der Waals surface area contributed by atoms with Crippen LogP contribution in [0.2, 0.25) is 0 Å². The second-order valence-corrected chi connectivity index (χ2v) is 7.67. The molecule has 0 N–H and O–H groups in total. The van der Waals surface area contributed by atoms with Crippen molar-refractivity contribution in [3.8, 4) is 0 Å². The number of carbonyl (C=O) groups is 2. The summed E-state index contributed by atoms with van der Waals surface area (Å²) in [5, 5.41) is 2.22. The van der Waals surface area contributed by atoms with Gasteiger partial charge in [0.15, 0.2) is 5.78 Å². The lowest BCUT2D eigenvalue weighted by atomic mass is 9.88. The summed E-state index contributed by atoms with van der Waals surface area (Å²) in [5.41, 5.74) is 0.267. The monoisotopic (exact) mass is 339 g/mol. The van der Waals surface area contributed by atoms with Crippen molar-refractivity contribution in [2.24, 2.45) is 5.92 Å². The molecule has 1 aliphatic rings. The van der Waals surface area contributed by atoms with Crippen molar-refractivity contribution in [3.05, 3.63) is 48.0 Å². The Hall–Kier alpha value is -2.36. The molecule has 0 radical (unpaired) electrons. The fourth-order valence-electron chi connectivity index (χ4n) is 3.23. The van der Waals surface area contributed by atoms with Crippen molar-refractivity contribution >= 4 is 22.6 Å². The van der Waals surface area contributed by atoms with Gasteiger partial charge in [-0.3, -0.25) is 4.79 Å². The number of nitrogens with zero attached hydrogens (tertiary/aromatic N) is 1. The smallest absolute Gasteiger partial charge is 0.410 e. The van der Waals surface area contributed by atoms with Crippen LogP contribution in [0.5, 0.6) is 0 Å². The Bertz CT molecular complexity index is 783. The van der Waals surface area contributed by atoms with E-state index in [1.165, 1.54) is 0 Å². The zero-order chi connectivity index (χ0) is 18.0. The molecule has 0 aliphatic carbocycles. The normalized spacial score (nSPS) is 16.0. The van der Waals surface area contributed by atoms with Gasteiger partial charge in [-0.2, -0.15) is 0 Å². The Morgan fingerprint density at radius 1 is 1.00 bits per heavy atom. The van der Waals surface area contributed by atoms with E-state index in [0.29, 0.717) is 25.9 Å². The van der Waals surface area contributed by atoms with Crippen LogP contribution in [0, 0.1) is 5.92 Å². The molecule has 1 amide bonds. The van der Waals surface area contributed by atoms with E-state index in [-0.39, 0.29) is 17.8 Å². The Morgan fingerprint density at radius 3 is 2.28 bits per heavy atom. The predicted octanol–water partition coefficient (Wildman–Crippen LogP) is 4.67. The molecule has 0 bridgehead atoms. The fourth-order valence-corrected chi connectivity index (χ4v) is 3.23. The number of likely N-dealkylation sites (tertiary alicyclic amines) is 1. The summed E-state index contributed by atoms with van der Waals surface area (Å²) in [6.07, 6.45) is 1.08. The molecule has 0 aromatic heterocycles. The van der Waals surface area contributed by atoms with Crippen LogP contribution in [0.4, 0.5) is 4.79 Å². The van der Waals surface area contributed by atoms with E-state index in [1.807, 2.05) is 63.2 Å². The van der Waals surface area contributed by atoms with E-state index in [0.717, 1.165) is 16.3 Å². The molecule has 4 heteroatoms. The number of hydrogen-bond donors (Lipinski definition) is 0. The first-order valence-corrected chi connectivity index (χ1v) is 8.84. The third-order valence-electron chi connectivity index (χ3n) is 4.55. The molecule has 4 nitrogen and oxygen atoms in total. The Kier molecular flexibility index (Phi) is 4.80. The number of benzene rings is 2. The molecule has 1 fully saturated rings. The molecule has 0 saturated carbocycles. The first-order valence-electron chi connectivity index (χ1n) is 8.84. The average Bonchev–Trinajstić information content (AvgIpc) is 2.59. The van der Waals surface area contributed by atoms with Crippen LogP contribution in [0.25, 0.3) is 10.8 Å². The first-order chi connectivity index (χ1) is 11.8. The van der Waals surface area contributed by atoms with Crippen molar-refractivity contribution in [3.63, 3.8) is 0 Å². The number of piperidine rings is 1. The number of amides is 1. The number of ether oxygens (including phenoxy) is 1. The van der Waals surface area contributed by atoms with Gasteiger partial charge in [0.2, 0.25) is 0 Å². The van der Waals surface area contributed by atoms with Crippen molar-refractivity contribution < 1.29 is 14.3 Å². The highest BCUT2D eigenvalue weighted by Crippen LogP contribution is 2.25. The topological polar surface area (TPSA) is 46.6 Å². The summed E-state index contributed by atoms with van der Waals surface area (Å²) >= 11 is 0. The molecule has 3 rings (SSSR count). The number of Topliss-reactive ketones (excluding diaryl/α,β-unsaturated/α-hetero) is 1. The van der Waals surface area contributed by atoms with Crippen LogP contribution < -0.4 is 0 Å². The number of fused-ring (bicyclic) bond motifs is 1. The van der Waals surface area contributed by atoms with Gasteiger partial charge >= 0.3 is 6.09 Å². The lowest BCUT2D eigenvalue weighted by molar-refractivity contribution is 0.0182. The molecule has 25 heavy (non-hydrogen) atoms. The second-order valence-electron chi connectivity index (χ2n) is 7.67. The van der Waals surface area contributed by atoms with Gasteiger partial charge in [-0.25, -0.2) is 4.79 Å². The maximum Gasteiger partial charge on any atom is 0.410 e. The molecule has 1 saturated heterocycles. The first kappa shape index (κ1) is 17.5.